The Balaban J connectivity index is 0.000000261. The van der Waals surface area contributed by atoms with Crippen molar-refractivity contribution in [3.8, 4) is 0 Å². The van der Waals surface area contributed by atoms with Crippen LogP contribution in [0.5, 0.6) is 0 Å². The van der Waals surface area contributed by atoms with Gasteiger partial charge in [0, 0.05) is 26.2 Å². The Kier molecular flexibility index (Phi) is 13.4. The molecule has 3 rings (SSSR count). The fraction of sp³-hybridized carbons (Fsp3) is 0.941. The highest BCUT2D eigenvalue weighted by molar-refractivity contribution is 5.66. The number of carboxylic acids is 1. The fourth-order valence-corrected chi connectivity index (χ4v) is 3.06. The van der Waals surface area contributed by atoms with Crippen LogP contribution >= 0.6 is 0 Å². The molecular weight excluding hydrogens is 424 g/mol. The summed E-state index contributed by atoms with van der Waals surface area (Å²) in [6, 6.07) is 0. The van der Waals surface area contributed by atoms with Gasteiger partial charge in [-0.25, -0.2) is 0 Å². The molecule has 0 amide bonds. The van der Waals surface area contributed by atoms with Crippen LogP contribution in [0.25, 0.3) is 0 Å². The Morgan fingerprint density at radius 2 is 1.65 bits per heavy atom. The van der Waals surface area contributed by atoms with Gasteiger partial charge in [-0.15, -0.1) is 20.2 Å². The third-order valence-corrected chi connectivity index (χ3v) is 4.56. The van der Waals surface area contributed by atoms with Crippen LogP contribution < -0.4 is 0 Å². The molecule has 3 aliphatic heterocycles. The monoisotopic (exact) mass is 454 g/mol. The first-order valence-corrected chi connectivity index (χ1v) is 10.1. The highest BCUT2D eigenvalue weighted by Crippen LogP contribution is 2.25. The molecule has 0 radical (unpaired) electrons. The van der Waals surface area contributed by atoms with Crippen LogP contribution in [-0.4, -0.2) is 77.4 Å². The summed E-state index contributed by atoms with van der Waals surface area (Å²) in [4.78, 5) is 38.0. The summed E-state index contributed by atoms with van der Waals surface area (Å²) < 4.78 is 15.5. The first-order valence-electron chi connectivity index (χ1n) is 10.1. The highest BCUT2D eigenvalue weighted by atomic mass is 17.0. The first kappa shape index (κ1) is 26.7. The average Bonchev–Trinajstić information content (AvgIpc) is 3.32. The average molecular weight is 454 g/mol. The normalized spacial score (nSPS) is 25.0. The number of aliphatic hydroxyl groups is 1. The molecule has 14 nitrogen and oxygen atoms in total. The van der Waals surface area contributed by atoms with E-state index in [1.54, 1.807) is 0 Å². The van der Waals surface area contributed by atoms with Gasteiger partial charge in [0.05, 0.1) is 12.2 Å². The van der Waals surface area contributed by atoms with Crippen LogP contribution in [0.1, 0.15) is 51.4 Å². The van der Waals surface area contributed by atoms with Gasteiger partial charge >= 0.3 is 5.97 Å². The van der Waals surface area contributed by atoms with E-state index in [9.17, 15) is 25.0 Å². The second-order valence-corrected chi connectivity index (χ2v) is 6.97. The minimum Gasteiger partial charge on any atom is -0.481 e. The van der Waals surface area contributed by atoms with Crippen molar-refractivity contribution in [2.24, 2.45) is 0 Å². The van der Waals surface area contributed by atoms with Gasteiger partial charge in [0.1, 0.15) is 12.7 Å². The van der Waals surface area contributed by atoms with E-state index in [2.05, 4.69) is 9.68 Å². The lowest BCUT2D eigenvalue weighted by Crippen LogP contribution is -2.24. The van der Waals surface area contributed by atoms with E-state index in [-0.39, 0.29) is 19.3 Å². The lowest BCUT2D eigenvalue weighted by molar-refractivity contribution is -0.790. The molecule has 180 valence electrons. The van der Waals surface area contributed by atoms with Crippen LogP contribution in [0.2, 0.25) is 0 Å². The van der Waals surface area contributed by atoms with Gasteiger partial charge in [0.25, 0.3) is 10.2 Å². The molecular formula is C17H30N2O12. The van der Waals surface area contributed by atoms with Crippen molar-refractivity contribution in [3.05, 3.63) is 20.2 Å². The quantitative estimate of drug-likeness (QED) is 0.373. The Labute approximate surface area is 178 Å². The predicted octanol–water partition coefficient (Wildman–Crippen LogP) is 1.10. The lowest BCUT2D eigenvalue weighted by Gasteiger charge is -2.16. The number of aliphatic carboxylic acids is 1. The van der Waals surface area contributed by atoms with Gasteiger partial charge in [-0.1, -0.05) is 0 Å². The summed E-state index contributed by atoms with van der Waals surface area (Å²) in [7, 11) is 0. The molecule has 0 aromatic heterocycles. The number of ether oxygens (including phenoxy) is 3. The molecule has 0 bridgehead atoms. The van der Waals surface area contributed by atoms with E-state index in [1.165, 1.54) is 0 Å². The van der Waals surface area contributed by atoms with Gasteiger partial charge < -0.3 is 34.1 Å². The zero-order valence-corrected chi connectivity index (χ0v) is 17.2. The second kappa shape index (κ2) is 15.5. The second-order valence-electron chi connectivity index (χ2n) is 6.97. The van der Waals surface area contributed by atoms with E-state index in [0.717, 1.165) is 51.9 Å². The van der Waals surface area contributed by atoms with Crippen LogP contribution in [0.15, 0.2) is 0 Å². The van der Waals surface area contributed by atoms with Crippen molar-refractivity contribution < 1.29 is 49.1 Å². The molecule has 0 saturated carbocycles. The third kappa shape index (κ3) is 13.6. The van der Waals surface area contributed by atoms with Gasteiger partial charge in [0.2, 0.25) is 0 Å². The van der Waals surface area contributed by atoms with E-state index in [0.29, 0.717) is 12.2 Å². The number of carboxylic acid groups (broad SMARTS) is 1. The number of rotatable bonds is 9. The molecule has 4 atom stereocenters. The van der Waals surface area contributed by atoms with E-state index in [1.807, 2.05) is 0 Å². The number of aliphatic hydroxyl groups excluding tert-OH is 1. The molecule has 0 aromatic rings. The van der Waals surface area contributed by atoms with Crippen LogP contribution in [0.3, 0.4) is 0 Å². The Bertz CT molecular complexity index is 523. The SMILES string of the molecule is C1C[C@H]2OCC[C@H]2O1.O=C(O)CCCC(CO[N+](=O)[O-])O[N+](=O)[O-].OC1CCCCO1. The molecule has 31 heavy (non-hydrogen) atoms. The van der Waals surface area contributed by atoms with Crippen molar-refractivity contribution in [2.75, 3.05) is 26.4 Å². The molecule has 3 aliphatic rings. The number of fused-ring (bicyclic) bond motifs is 1. The molecule has 14 heteroatoms. The van der Waals surface area contributed by atoms with Gasteiger partial charge in [-0.2, -0.15) is 0 Å². The van der Waals surface area contributed by atoms with Crippen molar-refractivity contribution in [1.82, 2.24) is 0 Å². The zero-order valence-electron chi connectivity index (χ0n) is 17.2. The zero-order chi connectivity index (χ0) is 23.1. The number of hydrogen-bond acceptors (Lipinski definition) is 11. The van der Waals surface area contributed by atoms with E-state index in [4.69, 9.17) is 24.4 Å². The Morgan fingerprint density at radius 3 is 2.06 bits per heavy atom. The summed E-state index contributed by atoms with van der Waals surface area (Å²) in [6.07, 6.45) is 4.47. The molecule has 3 heterocycles. The van der Waals surface area contributed by atoms with Gasteiger partial charge in [0.15, 0.2) is 6.29 Å². The number of nitrogens with zero attached hydrogens (tertiary/aromatic N) is 2. The van der Waals surface area contributed by atoms with Crippen molar-refractivity contribution >= 4 is 5.97 Å². The summed E-state index contributed by atoms with van der Waals surface area (Å²) in [5.74, 6) is -1.06. The van der Waals surface area contributed by atoms with Gasteiger partial charge in [-0.05, 0) is 44.9 Å². The molecule has 0 aromatic carbocycles. The number of hydrogen-bond donors (Lipinski definition) is 2. The smallest absolute Gasteiger partial charge is 0.303 e. The maximum Gasteiger partial charge on any atom is 0.303 e. The van der Waals surface area contributed by atoms with Crippen molar-refractivity contribution in [2.45, 2.75) is 76.0 Å². The minimum absolute atomic E-state index is 0.0128. The van der Waals surface area contributed by atoms with Crippen molar-refractivity contribution in [3.63, 3.8) is 0 Å². The highest BCUT2D eigenvalue weighted by Gasteiger charge is 2.33. The molecule has 2 N–H and O–H groups in total. The fourth-order valence-electron chi connectivity index (χ4n) is 3.06. The van der Waals surface area contributed by atoms with Crippen molar-refractivity contribution in [1.29, 1.82) is 0 Å². The first-order chi connectivity index (χ1) is 14.8. The molecule has 3 saturated heterocycles. The predicted molar refractivity (Wildman–Crippen MR) is 101 cm³/mol. The van der Waals surface area contributed by atoms with E-state index >= 15 is 0 Å². The van der Waals surface area contributed by atoms with Gasteiger partial charge in [-0.3, -0.25) is 4.79 Å². The summed E-state index contributed by atoms with van der Waals surface area (Å²) in [5, 5.41) is 34.6. The molecule has 0 aliphatic carbocycles. The van der Waals surface area contributed by atoms with Crippen LogP contribution in [0.4, 0.5) is 0 Å². The minimum atomic E-state index is -1.14. The van der Waals surface area contributed by atoms with Crippen LogP contribution in [0, 0.1) is 20.2 Å². The summed E-state index contributed by atoms with van der Waals surface area (Å²) in [5.41, 5.74) is 0. The van der Waals surface area contributed by atoms with E-state index < -0.39 is 35.1 Å². The Morgan fingerprint density at radius 1 is 1.00 bits per heavy atom. The summed E-state index contributed by atoms with van der Waals surface area (Å²) in [6.45, 7) is 1.96. The number of carbonyl (C=O) groups is 1. The lowest BCUT2D eigenvalue weighted by atomic mass is 10.1. The maximum atomic E-state index is 10.2. The Hall–Kier alpha value is -2.29. The van der Waals surface area contributed by atoms with Crippen LogP contribution in [-0.2, 0) is 28.7 Å². The molecule has 0 spiro atoms. The largest absolute Gasteiger partial charge is 0.481 e. The maximum absolute atomic E-state index is 10.2. The topological polar surface area (TPSA) is 190 Å². The summed E-state index contributed by atoms with van der Waals surface area (Å²) >= 11 is 0. The third-order valence-electron chi connectivity index (χ3n) is 4.56. The standard InChI is InChI=1S/C6H10N2O8.C6H10O2.C5H10O2/c9-6(10)3-1-2-5(16-8(13)14)4-15-7(11)12;1-3-7-6-2-4-8-5(1)6;6-5-3-1-2-4-7-5/h5H,1-4H2,(H,9,10);5-6H,1-4H2;5-6H,1-4H2/t;5-,6-;/m.1./s1. The molecule has 2 unspecified atom stereocenters. The molecule has 3 fully saturated rings.